The molecule has 122 valence electrons. The molecule has 0 bridgehead atoms. The third-order valence-corrected chi connectivity index (χ3v) is 3.41. The number of amides is 1. The van der Waals surface area contributed by atoms with Crippen LogP contribution in [0.4, 0.5) is 0 Å². The first-order chi connectivity index (χ1) is 11.1. The molecule has 0 aliphatic rings. The van der Waals surface area contributed by atoms with E-state index < -0.39 is 5.91 Å². The molecule has 1 aromatic carbocycles. The summed E-state index contributed by atoms with van der Waals surface area (Å²) in [5, 5.41) is 2.52. The van der Waals surface area contributed by atoms with Crippen molar-refractivity contribution in [3.63, 3.8) is 0 Å². The second-order valence-electron chi connectivity index (χ2n) is 4.92. The van der Waals surface area contributed by atoms with Gasteiger partial charge < -0.3 is 20.5 Å². The van der Waals surface area contributed by atoms with Crippen molar-refractivity contribution in [3.8, 4) is 11.5 Å². The molecule has 0 unspecified atom stereocenters. The summed E-state index contributed by atoms with van der Waals surface area (Å²) in [6.45, 7) is 1.29. The zero-order valence-electron chi connectivity index (χ0n) is 12.8. The molecule has 0 aliphatic carbocycles. The van der Waals surface area contributed by atoms with Gasteiger partial charge in [0.15, 0.2) is 18.1 Å². The average Bonchev–Trinajstić information content (AvgIpc) is 2.54. The van der Waals surface area contributed by atoms with Crippen LogP contribution in [-0.2, 0) is 17.9 Å². The maximum Gasteiger partial charge on any atom is 0.255 e. The van der Waals surface area contributed by atoms with Crippen molar-refractivity contribution in [2.75, 3.05) is 13.7 Å². The molecule has 0 radical (unpaired) electrons. The van der Waals surface area contributed by atoms with E-state index in [9.17, 15) is 4.79 Å². The highest BCUT2D eigenvalue weighted by Gasteiger charge is 2.13. The molecule has 0 aliphatic heterocycles. The van der Waals surface area contributed by atoms with Crippen molar-refractivity contribution < 1.29 is 19.6 Å². The van der Waals surface area contributed by atoms with E-state index in [0.29, 0.717) is 16.5 Å². The van der Waals surface area contributed by atoms with E-state index in [-0.39, 0.29) is 6.61 Å². The van der Waals surface area contributed by atoms with Crippen LogP contribution in [0.25, 0.3) is 0 Å². The average molecular weight is 337 g/mol. The number of hydrogen-bond donors (Lipinski definition) is 2. The van der Waals surface area contributed by atoms with Crippen LogP contribution in [0.15, 0.2) is 36.7 Å². The quantitative estimate of drug-likeness (QED) is 0.748. The van der Waals surface area contributed by atoms with Gasteiger partial charge in [-0.3, -0.25) is 9.78 Å². The fourth-order valence-electron chi connectivity index (χ4n) is 2.10. The fraction of sp³-hybridized carbons (Fsp3) is 0.250. The number of primary amides is 1. The van der Waals surface area contributed by atoms with E-state index in [2.05, 4.69) is 10.3 Å². The minimum Gasteiger partial charge on any atom is -0.493 e. The fourth-order valence-corrected chi connectivity index (χ4v) is 2.39. The Morgan fingerprint density at radius 2 is 2.13 bits per heavy atom. The molecule has 0 saturated carbocycles. The summed E-state index contributed by atoms with van der Waals surface area (Å²) >= 11 is 6.21. The predicted molar refractivity (Wildman–Crippen MR) is 86.3 cm³/mol. The largest absolute Gasteiger partial charge is 0.493 e. The van der Waals surface area contributed by atoms with Gasteiger partial charge in [0.05, 0.1) is 12.1 Å². The van der Waals surface area contributed by atoms with E-state index >= 15 is 0 Å². The summed E-state index contributed by atoms with van der Waals surface area (Å²) in [7, 11) is 1.52. The molecule has 1 aromatic heterocycles. The maximum atomic E-state index is 10.8. The highest BCUT2D eigenvalue weighted by Crippen LogP contribution is 2.36. The summed E-state index contributed by atoms with van der Waals surface area (Å²) in [4.78, 5) is 14.9. The number of nitrogens with zero attached hydrogens (tertiary/aromatic N) is 1. The number of carbonyl (C=O) groups is 1. The predicted octanol–water partition coefficient (Wildman–Crippen LogP) is 0.871. The Morgan fingerprint density at radius 1 is 1.35 bits per heavy atom. The Morgan fingerprint density at radius 3 is 2.78 bits per heavy atom. The SMILES string of the molecule is COc1cc(C[NH2+]Cc2cccnc2)cc(Cl)c1OCC(N)=O. The van der Waals surface area contributed by atoms with E-state index in [0.717, 1.165) is 24.2 Å². The van der Waals surface area contributed by atoms with E-state index in [4.69, 9.17) is 26.8 Å². The molecular formula is C16H19ClN3O3+. The summed E-state index contributed by atoms with van der Waals surface area (Å²) < 4.78 is 10.6. The summed E-state index contributed by atoms with van der Waals surface area (Å²) in [5.41, 5.74) is 7.21. The van der Waals surface area contributed by atoms with Gasteiger partial charge in [0.1, 0.15) is 13.1 Å². The first-order valence-electron chi connectivity index (χ1n) is 7.08. The van der Waals surface area contributed by atoms with Gasteiger partial charge in [0.2, 0.25) is 0 Å². The minimum absolute atomic E-state index is 0.247. The number of hydrogen-bond acceptors (Lipinski definition) is 4. The molecule has 7 heteroatoms. The molecule has 4 N–H and O–H groups in total. The van der Waals surface area contributed by atoms with Gasteiger partial charge in [0.25, 0.3) is 5.91 Å². The third-order valence-electron chi connectivity index (χ3n) is 3.13. The van der Waals surface area contributed by atoms with Crippen LogP contribution in [-0.4, -0.2) is 24.6 Å². The zero-order chi connectivity index (χ0) is 16.7. The van der Waals surface area contributed by atoms with Gasteiger partial charge in [-0.25, -0.2) is 0 Å². The highest BCUT2D eigenvalue weighted by molar-refractivity contribution is 6.32. The van der Waals surface area contributed by atoms with Crippen LogP contribution in [0.2, 0.25) is 5.02 Å². The lowest BCUT2D eigenvalue weighted by Gasteiger charge is -2.13. The van der Waals surface area contributed by atoms with Gasteiger partial charge in [0, 0.05) is 23.5 Å². The molecule has 1 heterocycles. The van der Waals surface area contributed by atoms with E-state index in [1.54, 1.807) is 12.3 Å². The normalized spacial score (nSPS) is 10.3. The van der Waals surface area contributed by atoms with Crippen molar-refractivity contribution in [1.82, 2.24) is 4.98 Å². The van der Waals surface area contributed by atoms with Gasteiger partial charge in [-0.1, -0.05) is 17.7 Å². The molecule has 2 rings (SSSR count). The van der Waals surface area contributed by atoms with Crippen molar-refractivity contribution >= 4 is 17.5 Å². The number of benzene rings is 1. The number of carbonyl (C=O) groups excluding carboxylic acids is 1. The van der Waals surface area contributed by atoms with Crippen LogP contribution in [0, 0.1) is 0 Å². The van der Waals surface area contributed by atoms with Crippen molar-refractivity contribution in [2.45, 2.75) is 13.1 Å². The van der Waals surface area contributed by atoms with Crippen LogP contribution in [0.1, 0.15) is 11.1 Å². The maximum absolute atomic E-state index is 10.8. The molecule has 2 aromatic rings. The van der Waals surface area contributed by atoms with Gasteiger partial charge in [-0.05, 0) is 18.2 Å². The van der Waals surface area contributed by atoms with Gasteiger partial charge >= 0.3 is 0 Å². The Balaban J connectivity index is 2.02. The molecule has 23 heavy (non-hydrogen) atoms. The van der Waals surface area contributed by atoms with Crippen molar-refractivity contribution in [3.05, 3.63) is 52.8 Å². The number of nitrogens with two attached hydrogens (primary N) is 2. The standard InChI is InChI=1S/C16H18ClN3O3/c1-22-14-6-12(5-13(17)16(14)23-10-15(18)21)9-20-8-11-3-2-4-19-7-11/h2-7,20H,8-10H2,1H3,(H2,18,21)/p+1. The summed E-state index contributed by atoms with van der Waals surface area (Å²) in [6.07, 6.45) is 3.59. The van der Waals surface area contributed by atoms with Crippen LogP contribution in [0.3, 0.4) is 0 Å². The second kappa shape index (κ2) is 8.36. The second-order valence-corrected chi connectivity index (χ2v) is 5.33. The number of ether oxygens (including phenoxy) is 2. The van der Waals surface area contributed by atoms with E-state index in [1.807, 2.05) is 24.4 Å². The lowest BCUT2D eigenvalue weighted by atomic mass is 10.2. The van der Waals surface area contributed by atoms with E-state index in [1.165, 1.54) is 7.11 Å². The zero-order valence-corrected chi connectivity index (χ0v) is 13.5. The van der Waals surface area contributed by atoms with Crippen molar-refractivity contribution in [2.24, 2.45) is 5.73 Å². The Labute approximate surface area is 139 Å². The Kier molecular flexibility index (Phi) is 6.19. The summed E-state index contributed by atoms with van der Waals surface area (Å²) in [6, 6.07) is 7.56. The molecular weight excluding hydrogens is 318 g/mol. The first-order valence-corrected chi connectivity index (χ1v) is 7.46. The molecule has 1 amide bonds. The lowest BCUT2D eigenvalue weighted by molar-refractivity contribution is -0.686. The topological polar surface area (TPSA) is 91.1 Å². The lowest BCUT2D eigenvalue weighted by Crippen LogP contribution is -2.80. The molecule has 0 saturated heterocycles. The molecule has 0 atom stereocenters. The van der Waals surface area contributed by atoms with Gasteiger partial charge in [-0.2, -0.15) is 0 Å². The third kappa shape index (κ3) is 5.12. The Hall–Kier alpha value is -2.31. The van der Waals surface area contributed by atoms with Crippen LogP contribution >= 0.6 is 11.6 Å². The molecule has 0 spiro atoms. The Bertz CT molecular complexity index is 665. The van der Waals surface area contributed by atoms with Gasteiger partial charge in [-0.15, -0.1) is 0 Å². The first kappa shape index (κ1) is 17.1. The minimum atomic E-state index is -0.572. The number of methoxy groups -OCH3 is 1. The van der Waals surface area contributed by atoms with Crippen LogP contribution in [0.5, 0.6) is 11.5 Å². The summed E-state index contributed by atoms with van der Waals surface area (Å²) in [5.74, 6) is 0.226. The molecule has 6 nitrogen and oxygen atoms in total. The number of quaternary nitrogens is 1. The molecule has 0 fully saturated rings. The number of rotatable bonds is 8. The number of halogens is 1. The highest BCUT2D eigenvalue weighted by atomic mass is 35.5. The van der Waals surface area contributed by atoms with Crippen LogP contribution < -0.4 is 20.5 Å². The number of pyridine rings is 1. The monoisotopic (exact) mass is 336 g/mol. The van der Waals surface area contributed by atoms with Crippen molar-refractivity contribution in [1.29, 1.82) is 0 Å². The smallest absolute Gasteiger partial charge is 0.255 e. The number of aromatic nitrogens is 1.